The van der Waals surface area contributed by atoms with Crippen molar-refractivity contribution < 1.29 is 0 Å². The average molecular weight is 348 g/mol. The van der Waals surface area contributed by atoms with Gasteiger partial charge in [-0.25, -0.2) is 15.8 Å². The molecular weight excluding hydrogens is 336 g/mol. The molecule has 0 amide bonds. The van der Waals surface area contributed by atoms with Gasteiger partial charge in [-0.15, -0.1) is 11.3 Å². The number of aromatic nitrogens is 2. The van der Waals surface area contributed by atoms with E-state index in [1.807, 2.05) is 12.1 Å². The van der Waals surface area contributed by atoms with Gasteiger partial charge in [0, 0.05) is 16.2 Å². The van der Waals surface area contributed by atoms with Crippen LogP contribution in [-0.2, 0) is 6.42 Å². The fourth-order valence-corrected chi connectivity index (χ4v) is 3.16. The van der Waals surface area contributed by atoms with Crippen molar-refractivity contribution in [2.45, 2.75) is 19.8 Å². The zero-order chi connectivity index (χ0) is 13.1. The van der Waals surface area contributed by atoms with E-state index < -0.39 is 0 Å². The first kappa shape index (κ1) is 13.7. The SMILES string of the molecule is CCCc1cc(NN)nc(-c2cc(Br)c(Cl)s2)n1. The minimum atomic E-state index is 0.615. The second-order valence-corrected chi connectivity index (χ2v) is 6.20. The molecule has 0 radical (unpaired) electrons. The van der Waals surface area contributed by atoms with E-state index >= 15 is 0 Å². The van der Waals surface area contributed by atoms with E-state index in [4.69, 9.17) is 17.4 Å². The molecule has 0 saturated carbocycles. The lowest BCUT2D eigenvalue weighted by Crippen LogP contribution is -2.10. The Balaban J connectivity index is 2.45. The number of nitrogens with two attached hydrogens (primary N) is 1. The van der Waals surface area contributed by atoms with Crippen LogP contribution in [0.3, 0.4) is 0 Å². The van der Waals surface area contributed by atoms with Crippen molar-refractivity contribution in [1.82, 2.24) is 9.97 Å². The lowest BCUT2D eigenvalue weighted by atomic mass is 10.2. The third-order valence-electron chi connectivity index (χ3n) is 2.30. The van der Waals surface area contributed by atoms with Crippen LogP contribution in [0.15, 0.2) is 16.6 Å². The van der Waals surface area contributed by atoms with Crippen LogP contribution >= 0.6 is 38.9 Å². The topological polar surface area (TPSA) is 63.8 Å². The van der Waals surface area contributed by atoms with Crippen LogP contribution < -0.4 is 11.3 Å². The normalized spacial score (nSPS) is 10.7. The molecule has 2 aromatic rings. The highest BCUT2D eigenvalue weighted by Gasteiger charge is 2.11. The summed E-state index contributed by atoms with van der Waals surface area (Å²) in [6.45, 7) is 2.11. The average Bonchev–Trinajstić information content (AvgIpc) is 2.70. The van der Waals surface area contributed by atoms with E-state index in [0.29, 0.717) is 16.0 Å². The molecule has 3 N–H and O–H groups in total. The van der Waals surface area contributed by atoms with E-state index in [0.717, 1.165) is 27.9 Å². The van der Waals surface area contributed by atoms with Crippen molar-refractivity contribution in [2.75, 3.05) is 5.43 Å². The maximum Gasteiger partial charge on any atom is 0.172 e. The monoisotopic (exact) mass is 346 g/mol. The van der Waals surface area contributed by atoms with Gasteiger partial charge in [-0.3, -0.25) is 0 Å². The first-order valence-electron chi connectivity index (χ1n) is 5.43. The number of nitrogen functional groups attached to an aromatic ring is 1. The van der Waals surface area contributed by atoms with E-state index in [1.165, 1.54) is 11.3 Å². The molecule has 0 aliphatic rings. The number of nitrogens with zero attached hydrogens (tertiary/aromatic N) is 2. The zero-order valence-electron chi connectivity index (χ0n) is 9.70. The molecule has 7 heteroatoms. The molecule has 0 unspecified atom stereocenters. The van der Waals surface area contributed by atoms with Gasteiger partial charge in [-0.2, -0.15) is 0 Å². The van der Waals surface area contributed by atoms with Gasteiger partial charge in [0.1, 0.15) is 10.2 Å². The number of aryl methyl sites for hydroxylation is 1. The number of halogens is 2. The van der Waals surface area contributed by atoms with Crippen LogP contribution in [0.4, 0.5) is 5.82 Å². The second-order valence-electron chi connectivity index (χ2n) is 3.69. The third-order valence-corrected chi connectivity index (χ3v) is 4.77. The van der Waals surface area contributed by atoms with Gasteiger partial charge in [0.05, 0.1) is 4.88 Å². The van der Waals surface area contributed by atoms with Crippen LogP contribution in [-0.4, -0.2) is 9.97 Å². The van der Waals surface area contributed by atoms with Gasteiger partial charge in [0.25, 0.3) is 0 Å². The van der Waals surface area contributed by atoms with Crippen LogP contribution in [0.1, 0.15) is 19.0 Å². The summed E-state index contributed by atoms with van der Waals surface area (Å²) in [4.78, 5) is 9.78. The van der Waals surface area contributed by atoms with Gasteiger partial charge in [-0.05, 0) is 28.4 Å². The number of nitrogens with one attached hydrogen (secondary N) is 1. The van der Waals surface area contributed by atoms with Crippen LogP contribution in [0.2, 0.25) is 4.34 Å². The molecule has 2 heterocycles. The Labute approximate surface area is 123 Å². The molecule has 4 nitrogen and oxygen atoms in total. The third kappa shape index (κ3) is 3.00. The minimum absolute atomic E-state index is 0.615. The van der Waals surface area contributed by atoms with Crippen molar-refractivity contribution >= 4 is 44.7 Å². The van der Waals surface area contributed by atoms with Gasteiger partial charge < -0.3 is 5.43 Å². The zero-order valence-corrected chi connectivity index (χ0v) is 12.9. The standard InChI is InChI=1S/C11H12BrClN4S/c1-2-3-6-4-9(17-14)16-11(15-6)8-5-7(12)10(13)18-8/h4-5H,2-3,14H2,1H3,(H,15,16,17). The summed E-state index contributed by atoms with van der Waals surface area (Å²) in [6.07, 6.45) is 1.92. The first-order valence-corrected chi connectivity index (χ1v) is 7.42. The van der Waals surface area contributed by atoms with Crippen molar-refractivity contribution in [3.05, 3.63) is 26.6 Å². The predicted molar refractivity (Wildman–Crippen MR) is 79.9 cm³/mol. The Bertz CT molecular complexity index is 538. The Morgan fingerprint density at radius 1 is 1.44 bits per heavy atom. The van der Waals surface area contributed by atoms with E-state index in [9.17, 15) is 0 Å². The molecule has 0 fully saturated rings. The molecule has 0 spiro atoms. The molecule has 0 aliphatic carbocycles. The molecule has 0 aromatic carbocycles. The fourth-order valence-electron chi connectivity index (χ4n) is 1.52. The summed E-state index contributed by atoms with van der Waals surface area (Å²) < 4.78 is 1.55. The maximum absolute atomic E-state index is 6.03. The number of thiophene rings is 1. The molecule has 96 valence electrons. The molecule has 0 bridgehead atoms. The second kappa shape index (κ2) is 5.97. The molecule has 2 rings (SSSR count). The van der Waals surface area contributed by atoms with E-state index in [-0.39, 0.29) is 0 Å². The molecule has 18 heavy (non-hydrogen) atoms. The lowest BCUT2D eigenvalue weighted by Gasteiger charge is -2.05. The number of rotatable bonds is 4. The quantitative estimate of drug-likeness (QED) is 0.651. The lowest BCUT2D eigenvalue weighted by molar-refractivity contribution is 0.876. The number of hydrogen-bond donors (Lipinski definition) is 2. The number of hydrogen-bond acceptors (Lipinski definition) is 5. The van der Waals surface area contributed by atoms with E-state index in [2.05, 4.69) is 38.2 Å². The molecular formula is C11H12BrClN4S. The highest BCUT2D eigenvalue weighted by molar-refractivity contribution is 9.10. The highest BCUT2D eigenvalue weighted by atomic mass is 79.9. The molecule has 0 aliphatic heterocycles. The van der Waals surface area contributed by atoms with Crippen LogP contribution in [0.25, 0.3) is 10.7 Å². The van der Waals surface area contributed by atoms with Crippen molar-refractivity contribution in [1.29, 1.82) is 0 Å². The number of anilines is 1. The molecule has 2 aromatic heterocycles. The molecule has 0 atom stereocenters. The Kier molecular flexibility index (Phi) is 4.55. The minimum Gasteiger partial charge on any atom is -0.308 e. The Morgan fingerprint density at radius 2 is 2.22 bits per heavy atom. The Hall–Kier alpha value is -0.690. The van der Waals surface area contributed by atoms with Crippen molar-refractivity contribution in [3.63, 3.8) is 0 Å². The van der Waals surface area contributed by atoms with E-state index in [1.54, 1.807) is 0 Å². The summed E-state index contributed by atoms with van der Waals surface area (Å²) in [5.74, 6) is 6.68. The largest absolute Gasteiger partial charge is 0.308 e. The van der Waals surface area contributed by atoms with Crippen LogP contribution in [0, 0.1) is 0 Å². The van der Waals surface area contributed by atoms with Crippen molar-refractivity contribution in [2.24, 2.45) is 5.84 Å². The van der Waals surface area contributed by atoms with Crippen LogP contribution in [0.5, 0.6) is 0 Å². The van der Waals surface area contributed by atoms with Gasteiger partial charge >= 0.3 is 0 Å². The fraction of sp³-hybridized carbons (Fsp3) is 0.273. The maximum atomic E-state index is 6.03. The summed E-state index contributed by atoms with van der Waals surface area (Å²) in [7, 11) is 0. The number of hydrazine groups is 1. The van der Waals surface area contributed by atoms with Crippen molar-refractivity contribution in [3.8, 4) is 10.7 Å². The first-order chi connectivity index (χ1) is 8.63. The summed E-state index contributed by atoms with van der Waals surface area (Å²) >= 11 is 10.8. The molecule has 0 saturated heterocycles. The summed E-state index contributed by atoms with van der Waals surface area (Å²) in [5.41, 5.74) is 3.53. The van der Waals surface area contributed by atoms with Gasteiger partial charge in [-0.1, -0.05) is 24.9 Å². The van der Waals surface area contributed by atoms with Gasteiger partial charge in [0.2, 0.25) is 0 Å². The smallest absolute Gasteiger partial charge is 0.172 e. The Morgan fingerprint density at radius 3 is 2.78 bits per heavy atom. The summed E-state index contributed by atoms with van der Waals surface area (Å²) in [6, 6.07) is 3.77. The summed E-state index contributed by atoms with van der Waals surface area (Å²) in [5, 5.41) is 0. The highest BCUT2D eigenvalue weighted by Crippen LogP contribution is 2.36. The predicted octanol–water partition coefficient (Wildman–Crippen LogP) is 3.86. The van der Waals surface area contributed by atoms with Gasteiger partial charge in [0.15, 0.2) is 5.82 Å².